The average Bonchev–Trinajstić information content (AvgIpc) is 3.40. The molecule has 0 radical (unpaired) electrons. The summed E-state index contributed by atoms with van der Waals surface area (Å²) in [5.41, 5.74) is 20.7. The van der Waals surface area contributed by atoms with E-state index in [2.05, 4.69) is 233 Å². The standard InChI is InChI=1S/C60H36B3N3O3/c1-4-17-37(18-5-1)64-46-25-12-10-23-40(46)61-42-33-44-56(35-50(42)65(38-19-6-2-7-20-38)48-27-14-26-47(64)58(48)61)68-54-31-16-32-55-60(54)63(44)45-34-43-51(36-57(45)69-55)66(39-21-8-3-9-22-39)49-28-15-30-53-59(49)62(43)41-24-11-13-29-52(41)67-53/h1-36H. The molecule has 9 heteroatoms. The van der Waals surface area contributed by atoms with Gasteiger partial charge < -0.3 is 28.9 Å². The zero-order valence-electron chi connectivity index (χ0n) is 37.1. The first-order chi connectivity index (χ1) is 34.2. The van der Waals surface area contributed by atoms with Gasteiger partial charge in [0.2, 0.25) is 0 Å². The fraction of sp³-hybridized carbons (Fsp3) is 0. The van der Waals surface area contributed by atoms with Crippen LogP contribution >= 0.6 is 0 Å². The SMILES string of the molecule is c1ccc(N2c3cc4c(cc3B3c5ccccc5Oc5cccc2c53)B2c3cc5c(cc3Oc3cccc(c32)O4)N(c2ccccc2)c2cccc3c2B5c2ccccc2N3c2ccccc2)cc1. The van der Waals surface area contributed by atoms with Gasteiger partial charge in [-0.05, 0) is 129 Å². The maximum atomic E-state index is 7.14. The number of anilines is 9. The van der Waals surface area contributed by atoms with Crippen LogP contribution in [-0.2, 0) is 0 Å². The normalized spacial score (nSPS) is 14.3. The second-order valence-corrected chi connectivity index (χ2v) is 18.7. The number of rotatable bonds is 3. The maximum Gasteiger partial charge on any atom is 0.260 e. The molecule has 0 saturated carbocycles. The third-order valence-electron chi connectivity index (χ3n) is 15.2. The number of ether oxygens (including phenoxy) is 3. The summed E-state index contributed by atoms with van der Waals surface area (Å²) in [7, 11) is 0. The molecule has 0 amide bonds. The minimum atomic E-state index is -0.183. The number of hydrogen-bond donors (Lipinski definition) is 0. The summed E-state index contributed by atoms with van der Waals surface area (Å²) < 4.78 is 21.0. The number of benzene rings is 10. The largest absolute Gasteiger partial charge is 0.458 e. The van der Waals surface area contributed by atoms with Crippen molar-refractivity contribution in [3.63, 3.8) is 0 Å². The van der Waals surface area contributed by atoms with E-state index in [0.29, 0.717) is 0 Å². The summed E-state index contributed by atoms with van der Waals surface area (Å²) in [4.78, 5) is 7.28. The van der Waals surface area contributed by atoms with Crippen molar-refractivity contribution >= 4 is 120 Å². The van der Waals surface area contributed by atoms with Crippen LogP contribution in [0, 0.1) is 0 Å². The van der Waals surface area contributed by atoms with Crippen molar-refractivity contribution < 1.29 is 14.2 Å². The smallest absolute Gasteiger partial charge is 0.260 e. The van der Waals surface area contributed by atoms with E-state index in [9.17, 15) is 0 Å². The van der Waals surface area contributed by atoms with E-state index in [1.807, 2.05) is 0 Å². The van der Waals surface area contributed by atoms with Crippen LogP contribution in [0.1, 0.15) is 0 Å². The van der Waals surface area contributed by atoms with Gasteiger partial charge in [0.1, 0.15) is 34.5 Å². The molecule has 0 atom stereocenters. The minimum Gasteiger partial charge on any atom is -0.458 e. The van der Waals surface area contributed by atoms with Crippen LogP contribution in [0.3, 0.4) is 0 Å². The lowest BCUT2D eigenvalue weighted by atomic mass is 9.29. The van der Waals surface area contributed by atoms with Gasteiger partial charge in [-0.25, -0.2) is 0 Å². The van der Waals surface area contributed by atoms with Gasteiger partial charge in [0.25, 0.3) is 20.1 Å². The molecule has 0 spiro atoms. The molecular formula is C60H36B3N3O3. The van der Waals surface area contributed by atoms with Crippen molar-refractivity contribution in [2.45, 2.75) is 0 Å². The molecule has 318 valence electrons. The zero-order chi connectivity index (χ0) is 44.9. The van der Waals surface area contributed by atoms with Crippen LogP contribution in [-0.4, -0.2) is 20.1 Å². The van der Waals surface area contributed by atoms with Gasteiger partial charge in [0, 0.05) is 68.8 Å². The van der Waals surface area contributed by atoms with E-state index in [4.69, 9.17) is 14.2 Å². The fourth-order valence-corrected chi connectivity index (χ4v) is 12.5. The molecule has 0 N–H and O–H groups in total. The number of hydrogen-bond acceptors (Lipinski definition) is 6. The molecule has 0 aliphatic carbocycles. The molecule has 69 heavy (non-hydrogen) atoms. The van der Waals surface area contributed by atoms with Crippen molar-refractivity contribution in [3.05, 3.63) is 218 Å². The number of para-hydroxylation sites is 5. The Hall–Kier alpha value is -8.81. The second-order valence-electron chi connectivity index (χ2n) is 18.7. The Balaban J connectivity index is 0.962. The minimum absolute atomic E-state index is 0.0554. The van der Waals surface area contributed by atoms with Crippen molar-refractivity contribution in [2.24, 2.45) is 0 Å². The van der Waals surface area contributed by atoms with E-state index in [-0.39, 0.29) is 20.1 Å². The van der Waals surface area contributed by atoms with Crippen molar-refractivity contribution in [1.82, 2.24) is 0 Å². The highest BCUT2D eigenvalue weighted by Gasteiger charge is 2.49. The molecule has 6 aliphatic rings. The molecule has 0 aromatic heterocycles. The van der Waals surface area contributed by atoms with E-state index >= 15 is 0 Å². The molecule has 6 aliphatic heterocycles. The molecule has 16 rings (SSSR count). The number of fused-ring (bicyclic) bond motifs is 12. The summed E-state index contributed by atoms with van der Waals surface area (Å²) in [6.07, 6.45) is 0. The van der Waals surface area contributed by atoms with Crippen LogP contribution in [0.15, 0.2) is 218 Å². The molecule has 0 bridgehead atoms. The lowest BCUT2D eigenvalue weighted by Crippen LogP contribution is -2.64. The maximum absolute atomic E-state index is 7.14. The van der Waals surface area contributed by atoms with Crippen molar-refractivity contribution in [3.8, 4) is 34.5 Å². The van der Waals surface area contributed by atoms with Crippen LogP contribution in [0.4, 0.5) is 51.2 Å². The Morgan fingerprint density at radius 3 is 1.19 bits per heavy atom. The van der Waals surface area contributed by atoms with Crippen molar-refractivity contribution in [1.29, 1.82) is 0 Å². The molecule has 10 aromatic carbocycles. The van der Waals surface area contributed by atoms with Crippen LogP contribution in [0.5, 0.6) is 34.5 Å². The van der Waals surface area contributed by atoms with Crippen molar-refractivity contribution in [2.75, 3.05) is 14.7 Å². The zero-order valence-corrected chi connectivity index (χ0v) is 37.1. The molecule has 6 heterocycles. The van der Waals surface area contributed by atoms with Gasteiger partial charge in [0.05, 0.1) is 0 Å². The first kappa shape index (κ1) is 37.3. The highest BCUT2D eigenvalue weighted by atomic mass is 16.5. The lowest BCUT2D eigenvalue weighted by molar-refractivity contribution is 0.465. The van der Waals surface area contributed by atoms with Crippen LogP contribution in [0.25, 0.3) is 0 Å². The Kier molecular flexibility index (Phi) is 7.50. The highest BCUT2D eigenvalue weighted by molar-refractivity contribution is 7.03. The topological polar surface area (TPSA) is 37.4 Å². The highest BCUT2D eigenvalue weighted by Crippen LogP contribution is 2.47. The number of nitrogens with zero attached hydrogens (tertiary/aromatic N) is 3. The summed E-state index contributed by atoms with van der Waals surface area (Å²) in [5, 5.41) is 0. The van der Waals surface area contributed by atoms with Crippen LogP contribution < -0.4 is 78.1 Å². The molecule has 6 nitrogen and oxygen atoms in total. The van der Waals surface area contributed by atoms with Gasteiger partial charge in [-0.3, -0.25) is 0 Å². The molecular weight excluding hydrogens is 843 g/mol. The van der Waals surface area contributed by atoms with E-state index in [0.717, 1.165) is 96.2 Å². The predicted octanol–water partition coefficient (Wildman–Crippen LogP) is 8.90. The van der Waals surface area contributed by atoms with Gasteiger partial charge >= 0.3 is 0 Å². The second kappa shape index (κ2) is 13.9. The van der Waals surface area contributed by atoms with E-state index in [1.165, 1.54) is 38.7 Å². The Morgan fingerprint density at radius 1 is 0.232 bits per heavy atom. The van der Waals surface area contributed by atoms with E-state index < -0.39 is 0 Å². The monoisotopic (exact) mass is 879 g/mol. The molecule has 0 saturated heterocycles. The Morgan fingerprint density at radius 2 is 0.609 bits per heavy atom. The van der Waals surface area contributed by atoms with Gasteiger partial charge in [-0.15, -0.1) is 0 Å². The van der Waals surface area contributed by atoms with Gasteiger partial charge in [0.15, 0.2) is 0 Å². The Labute approximate surface area is 400 Å². The van der Waals surface area contributed by atoms with Gasteiger partial charge in [-0.2, -0.15) is 0 Å². The molecule has 0 fully saturated rings. The van der Waals surface area contributed by atoms with E-state index in [1.54, 1.807) is 0 Å². The molecule has 0 unspecified atom stereocenters. The Bertz CT molecular complexity index is 3820. The third-order valence-corrected chi connectivity index (χ3v) is 15.2. The quantitative estimate of drug-likeness (QED) is 0.165. The summed E-state index contributed by atoms with van der Waals surface area (Å²) in [5.74, 6) is 5.09. The summed E-state index contributed by atoms with van der Waals surface area (Å²) in [6, 6.07) is 78.7. The molecule has 10 aromatic rings. The first-order valence-electron chi connectivity index (χ1n) is 23.8. The fourth-order valence-electron chi connectivity index (χ4n) is 12.5. The van der Waals surface area contributed by atoms with Crippen LogP contribution in [0.2, 0.25) is 0 Å². The predicted molar refractivity (Wildman–Crippen MR) is 284 cm³/mol. The van der Waals surface area contributed by atoms with Gasteiger partial charge in [-0.1, -0.05) is 121 Å². The average molecular weight is 879 g/mol. The summed E-state index contributed by atoms with van der Waals surface area (Å²) >= 11 is 0. The third kappa shape index (κ3) is 5.08. The summed E-state index contributed by atoms with van der Waals surface area (Å²) in [6.45, 7) is -0.306. The lowest BCUT2D eigenvalue weighted by Gasteiger charge is -2.45. The first-order valence-corrected chi connectivity index (χ1v) is 23.8.